The van der Waals surface area contributed by atoms with E-state index in [1.807, 2.05) is 0 Å². The minimum Gasteiger partial charge on any atom is -0.392 e. The molecule has 0 spiro atoms. The van der Waals surface area contributed by atoms with Crippen LogP contribution in [0.1, 0.15) is 11.1 Å². The maximum atomic E-state index is 11.8. The van der Waals surface area contributed by atoms with Crippen LogP contribution in [0, 0.1) is 0 Å². The van der Waals surface area contributed by atoms with Gasteiger partial charge in [-0.3, -0.25) is 14.3 Å². The number of benzene rings is 1. The summed E-state index contributed by atoms with van der Waals surface area (Å²) in [6, 6.07) is 5.13. The Labute approximate surface area is 118 Å². The van der Waals surface area contributed by atoms with Gasteiger partial charge in [-0.25, -0.2) is 4.98 Å². The SMILES string of the molecule is Nc1nc2c(ncn2-c2cc(CO)cc(CO)c2)c(=O)[nH]1. The molecule has 3 rings (SSSR count). The third-order valence-corrected chi connectivity index (χ3v) is 3.11. The molecule has 8 heteroatoms. The predicted molar refractivity (Wildman–Crippen MR) is 75.7 cm³/mol. The highest BCUT2D eigenvalue weighted by Gasteiger charge is 2.11. The molecule has 0 bridgehead atoms. The fraction of sp³-hybridized carbons (Fsp3) is 0.154. The van der Waals surface area contributed by atoms with Crippen molar-refractivity contribution in [2.75, 3.05) is 5.73 Å². The largest absolute Gasteiger partial charge is 0.392 e. The number of H-pyrrole nitrogens is 1. The Bertz CT molecular complexity index is 846. The summed E-state index contributed by atoms with van der Waals surface area (Å²) in [5.41, 5.74) is 7.52. The van der Waals surface area contributed by atoms with Gasteiger partial charge in [-0.15, -0.1) is 0 Å². The maximum absolute atomic E-state index is 11.8. The number of aromatic nitrogens is 4. The lowest BCUT2D eigenvalue weighted by molar-refractivity contribution is 0.275. The van der Waals surface area contributed by atoms with E-state index in [9.17, 15) is 15.0 Å². The van der Waals surface area contributed by atoms with E-state index < -0.39 is 5.56 Å². The highest BCUT2D eigenvalue weighted by molar-refractivity contribution is 5.73. The Hall–Kier alpha value is -2.71. The Morgan fingerprint density at radius 1 is 1.19 bits per heavy atom. The lowest BCUT2D eigenvalue weighted by Gasteiger charge is -2.08. The zero-order valence-corrected chi connectivity index (χ0v) is 10.9. The van der Waals surface area contributed by atoms with Crippen LogP contribution in [0.25, 0.3) is 16.9 Å². The van der Waals surface area contributed by atoms with Gasteiger partial charge in [0.1, 0.15) is 6.33 Å². The average Bonchev–Trinajstić information content (AvgIpc) is 2.90. The second kappa shape index (κ2) is 5.00. The first kappa shape index (κ1) is 13.3. The zero-order valence-electron chi connectivity index (χ0n) is 10.9. The number of nitrogens with one attached hydrogen (secondary N) is 1. The summed E-state index contributed by atoms with van der Waals surface area (Å²) < 4.78 is 1.58. The summed E-state index contributed by atoms with van der Waals surface area (Å²) in [5.74, 6) is -0.00468. The molecular weight excluding hydrogens is 274 g/mol. The molecule has 2 aromatic heterocycles. The van der Waals surface area contributed by atoms with Crippen molar-refractivity contribution in [1.82, 2.24) is 19.5 Å². The number of hydrogen-bond donors (Lipinski definition) is 4. The van der Waals surface area contributed by atoms with Crippen LogP contribution in [0.4, 0.5) is 5.95 Å². The third-order valence-electron chi connectivity index (χ3n) is 3.11. The molecular formula is C13H13N5O3. The summed E-state index contributed by atoms with van der Waals surface area (Å²) in [6.45, 7) is -0.326. The molecule has 0 radical (unpaired) electrons. The topological polar surface area (TPSA) is 130 Å². The number of hydrogen-bond acceptors (Lipinski definition) is 6. The lowest BCUT2D eigenvalue weighted by atomic mass is 10.1. The van der Waals surface area contributed by atoms with E-state index in [1.54, 1.807) is 22.8 Å². The summed E-state index contributed by atoms with van der Waals surface area (Å²) >= 11 is 0. The molecule has 108 valence electrons. The zero-order chi connectivity index (χ0) is 15.0. The molecule has 0 amide bonds. The van der Waals surface area contributed by atoms with Crippen molar-refractivity contribution >= 4 is 17.1 Å². The van der Waals surface area contributed by atoms with E-state index in [0.29, 0.717) is 22.5 Å². The van der Waals surface area contributed by atoms with Gasteiger partial charge in [-0.1, -0.05) is 6.07 Å². The van der Waals surface area contributed by atoms with Gasteiger partial charge in [-0.2, -0.15) is 4.98 Å². The van der Waals surface area contributed by atoms with Crippen LogP contribution in [-0.4, -0.2) is 29.7 Å². The molecule has 21 heavy (non-hydrogen) atoms. The van der Waals surface area contributed by atoms with Gasteiger partial charge in [0.05, 0.1) is 13.2 Å². The molecule has 0 unspecified atom stereocenters. The summed E-state index contributed by atoms with van der Waals surface area (Å²) in [6.07, 6.45) is 1.45. The van der Waals surface area contributed by atoms with Crippen molar-refractivity contribution in [1.29, 1.82) is 0 Å². The standard InChI is InChI=1S/C13H13N5O3/c14-13-16-11-10(12(21)17-13)15-6-18(11)9-2-7(4-19)1-8(3-9)5-20/h1-3,6,19-20H,4-5H2,(H3,14,16,17,21). The van der Waals surface area contributed by atoms with Crippen molar-refractivity contribution in [3.8, 4) is 5.69 Å². The first-order valence-electron chi connectivity index (χ1n) is 6.20. The van der Waals surface area contributed by atoms with Crippen LogP contribution < -0.4 is 11.3 Å². The molecule has 3 aromatic rings. The number of nitrogen functional groups attached to an aromatic ring is 1. The quantitative estimate of drug-likeness (QED) is 0.522. The van der Waals surface area contributed by atoms with E-state index >= 15 is 0 Å². The van der Waals surface area contributed by atoms with Gasteiger partial charge in [0.2, 0.25) is 5.95 Å². The van der Waals surface area contributed by atoms with E-state index in [2.05, 4.69) is 15.0 Å². The first-order valence-corrected chi connectivity index (χ1v) is 6.20. The molecule has 8 nitrogen and oxygen atoms in total. The number of anilines is 1. The molecule has 0 aliphatic heterocycles. The van der Waals surface area contributed by atoms with Crippen molar-refractivity contribution in [2.45, 2.75) is 13.2 Å². The van der Waals surface area contributed by atoms with Gasteiger partial charge in [-0.05, 0) is 23.3 Å². The predicted octanol–water partition coefficient (Wildman–Crippen LogP) is -0.324. The second-order valence-corrected chi connectivity index (χ2v) is 4.56. The van der Waals surface area contributed by atoms with Gasteiger partial charge in [0, 0.05) is 5.69 Å². The van der Waals surface area contributed by atoms with E-state index in [4.69, 9.17) is 5.73 Å². The van der Waals surface area contributed by atoms with E-state index in [1.165, 1.54) is 6.33 Å². The highest BCUT2D eigenvalue weighted by atomic mass is 16.3. The average molecular weight is 287 g/mol. The third kappa shape index (κ3) is 2.26. The monoisotopic (exact) mass is 287 g/mol. The fourth-order valence-electron chi connectivity index (χ4n) is 2.18. The number of aliphatic hydroxyl groups is 2. The minimum atomic E-state index is -0.419. The Kier molecular flexibility index (Phi) is 3.16. The molecule has 0 saturated heterocycles. The fourth-order valence-corrected chi connectivity index (χ4v) is 2.18. The number of imidazole rings is 1. The maximum Gasteiger partial charge on any atom is 0.280 e. The van der Waals surface area contributed by atoms with Crippen LogP contribution in [0.15, 0.2) is 29.3 Å². The van der Waals surface area contributed by atoms with Crippen molar-refractivity contribution in [2.24, 2.45) is 0 Å². The van der Waals surface area contributed by atoms with Crippen LogP contribution in [-0.2, 0) is 13.2 Å². The van der Waals surface area contributed by atoms with Gasteiger partial charge < -0.3 is 15.9 Å². The number of aromatic amines is 1. The van der Waals surface area contributed by atoms with Gasteiger partial charge in [0.25, 0.3) is 5.56 Å². The lowest BCUT2D eigenvalue weighted by Crippen LogP contribution is -2.12. The van der Waals surface area contributed by atoms with Crippen LogP contribution >= 0.6 is 0 Å². The molecule has 0 aliphatic carbocycles. The molecule has 5 N–H and O–H groups in total. The molecule has 1 aromatic carbocycles. The molecule has 0 aliphatic rings. The van der Waals surface area contributed by atoms with E-state index in [0.717, 1.165) is 0 Å². The Morgan fingerprint density at radius 2 is 1.86 bits per heavy atom. The van der Waals surface area contributed by atoms with Gasteiger partial charge in [0.15, 0.2) is 11.2 Å². The molecule has 0 saturated carbocycles. The Morgan fingerprint density at radius 3 is 2.48 bits per heavy atom. The molecule has 0 atom stereocenters. The van der Waals surface area contributed by atoms with Crippen LogP contribution in [0.2, 0.25) is 0 Å². The highest BCUT2D eigenvalue weighted by Crippen LogP contribution is 2.18. The second-order valence-electron chi connectivity index (χ2n) is 4.56. The Balaban J connectivity index is 2.27. The normalized spacial score (nSPS) is 11.1. The number of nitrogens with zero attached hydrogens (tertiary/aromatic N) is 3. The van der Waals surface area contributed by atoms with E-state index in [-0.39, 0.29) is 24.7 Å². The number of rotatable bonds is 3. The number of nitrogens with two attached hydrogens (primary N) is 1. The number of aliphatic hydroxyl groups excluding tert-OH is 2. The molecule has 0 fully saturated rings. The van der Waals surface area contributed by atoms with Crippen molar-refractivity contribution < 1.29 is 10.2 Å². The summed E-state index contributed by atoms with van der Waals surface area (Å²) in [5, 5.41) is 18.6. The smallest absolute Gasteiger partial charge is 0.280 e. The summed E-state index contributed by atoms with van der Waals surface area (Å²) in [4.78, 5) is 22.2. The molecule has 2 heterocycles. The number of fused-ring (bicyclic) bond motifs is 1. The van der Waals surface area contributed by atoms with Gasteiger partial charge >= 0.3 is 0 Å². The first-order chi connectivity index (χ1) is 10.1. The van der Waals surface area contributed by atoms with Crippen molar-refractivity contribution in [3.63, 3.8) is 0 Å². The van der Waals surface area contributed by atoms with Crippen LogP contribution in [0.5, 0.6) is 0 Å². The van der Waals surface area contributed by atoms with Crippen molar-refractivity contribution in [3.05, 3.63) is 46.0 Å². The van der Waals surface area contributed by atoms with Crippen LogP contribution in [0.3, 0.4) is 0 Å². The minimum absolute atomic E-state index is 0.00468. The summed E-state index contributed by atoms with van der Waals surface area (Å²) in [7, 11) is 0.